The summed E-state index contributed by atoms with van der Waals surface area (Å²) >= 11 is 2.03. The van der Waals surface area contributed by atoms with E-state index in [2.05, 4.69) is 12.2 Å². The third-order valence-electron chi connectivity index (χ3n) is 3.82. The molecule has 3 atom stereocenters. The minimum atomic E-state index is 0.410. The Kier molecular flexibility index (Phi) is 6.84. The highest BCUT2D eigenvalue weighted by molar-refractivity contribution is 7.99. The van der Waals surface area contributed by atoms with Crippen LogP contribution in [0.5, 0.6) is 0 Å². The molecule has 2 rings (SSSR count). The lowest BCUT2D eigenvalue weighted by Gasteiger charge is -2.31. The monoisotopic (exact) mass is 273 g/mol. The van der Waals surface area contributed by atoms with E-state index in [1.54, 1.807) is 0 Å². The number of nitrogens with one attached hydrogen (secondary N) is 1. The Hall–Kier alpha value is 0.230. The second kappa shape index (κ2) is 8.41. The first kappa shape index (κ1) is 14.6. The molecule has 106 valence electrons. The van der Waals surface area contributed by atoms with Gasteiger partial charge in [-0.05, 0) is 38.6 Å². The van der Waals surface area contributed by atoms with Crippen molar-refractivity contribution < 1.29 is 9.47 Å². The minimum absolute atomic E-state index is 0.410. The second-order valence-electron chi connectivity index (χ2n) is 5.21. The van der Waals surface area contributed by atoms with E-state index in [4.69, 9.17) is 9.47 Å². The van der Waals surface area contributed by atoms with Gasteiger partial charge >= 0.3 is 0 Å². The summed E-state index contributed by atoms with van der Waals surface area (Å²) in [5.41, 5.74) is 0. The molecule has 2 saturated heterocycles. The van der Waals surface area contributed by atoms with Gasteiger partial charge in [0.2, 0.25) is 0 Å². The first-order chi connectivity index (χ1) is 8.90. The van der Waals surface area contributed by atoms with E-state index >= 15 is 0 Å². The van der Waals surface area contributed by atoms with Gasteiger partial charge in [-0.2, -0.15) is 11.8 Å². The zero-order valence-electron chi connectivity index (χ0n) is 11.5. The molecule has 0 aromatic heterocycles. The van der Waals surface area contributed by atoms with Gasteiger partial charge in [-0.1, -0.05) is 6.92 Å². The number of ether oxygens (including phenoxy) is 2. The van der Waals surface area contributed by atoms with Crippen molar-refractivity contribution in [3.8, 4) is 0 Å². The van der Waals surface area contributed by atoms with Crippen LogP contribution in [0.2, 0.25) is 0 Å². The summed E-state index contributed by atoms with van der Waals surface area (Å²) in [6.07, 6.45) is 7.17. The fourth-order valence-corrected chi connectivity index (χ4v) is 3.80. The maximum absolute atomic E-state index is 5.90. The standard InChI is InChI=1S/C14H27NO2S/c1-2-15-13(14-11-18-10-9-17-14)7-3-5-12-6-4-8-16-12/h12-15H,2-11H2,1H3. The van der Waals surface area contributed by atoms with E-state index in [9.17, 15) is 0 Å². The fourth-order valence-electron chi connectivity index (χ4n) is 2.86. The molecule has 0 bridgehead atoms. The van der Waals surface area contributed by atoms with Gasteiger partial charge in [-0.3, -0.25) is 0 Å². The van der Waals surface area contributed by atoms with E-state index in [0.29, 0.717) is 18.2 Å². The summed E-state index contributed by atoms with van der Waals surface area (Å²) in [4.78, 5) is 0. The van der Waals surface area contributed by atoms with Gasteiger partial charge in [0.15, 0.2) is 0 Å². The predicted octanol–water partition coefficient (Wildman–Crippen LogP) is 2.45. The Morgan fingerprint density at radius 2 is 2.28 bits per heavy atom. The molecule has 2 aliphatic rings. The number of thioether (sulfide) groups is 1. The number of rotatable bonds is 7. The topological polar surface area (TPSA) is 30.5 Å². The molecule has 4 heteroatoms. The van der Waals surface area contributed by atoms with Crippen molar-refractivity contribution in [2.24, 2.45) is 0 Å². The Balaban J connectivity index is 1.67. The minimum Gasteiger partial charge on any atom is -0.378 e. The smallest absolute Gasteiger partial charge is 0.0818 e. The largest absolute Gasteiger partial charge is 0.378 e. The quantitative estimate of drug-likeness (QED) is 0.772. The number of hydrogen-bond acceptors (Lipinski definition) is 4. The lowest BCUT2D eigenvalue weighted by molar-refractivity contribution is 0.0423. The van der Waals surface area contributed by atoms with Crippen LogP contribution in [0, 0.1) is 0 Å². The van der Waals surface area contributed by atoms with Crippen LogP contribution in [0.4, 0.5) is 0 Å². The average Bonchev–Trinajstić information content (AvgIpc) is 2.92. The summed E-state index contributed by atoms with van der Waals surface area (Å²) in [7, 11) is 0. The number of hydrogen-bond donors (Lipinski definition) is 1. The summed E-state index contributed by atoms with van der Waals surface area (Å²) in [5, 5.41) is 3.60. The molecule has 0 aromatic carbocycles. The highest BCUT2D eigenvalue weighted by Crippen LogP contribution is 2.21. The van der Waals surface area contributed by atoms with Gasteiger partial charge in [0.1, 0.15) is 0 Å². The second-order valence-corrected chi connectivity index (χ2v) is 6.36. The summed E-state index contributed by atoms with van der Waals surface area (Å²) in [6, 6.07) is 0.532. The first-order valence-corrected chi connectivity index (χ1v) is 8.60. The molecule has 3 nitrogen and oxygen atoms in total. The summed E-state index contributed by atoms with van der Waals surface area (Å²) < 4.78 is 11.6. The predicted molar refractivity (Wildman–Crippen MR) is 77.4 cm³/mol. The molecule has 3 unspecified atom stereocenters. The zero-order chi connectivity index (χ0) is 12.6. The van der Waals surface area contributed by atoms with Crippen LogP contribution in [-0.2, 0) is 9.47 Å². The van der Waals surface area contributed by atoms with E-state index in [1.165, 1.54) is 32.1 Å². The van der Waals surface area contributed by atoms with Crippen LogP contribution in [0.1, 0.15) is 39.0 Å². The normalized spacial score (nSPS) is 30.5. The van der Waals surface area contributed by atoms with Crippen LogP contribution in [0.3, 0.4) is 0 Å². The first-order valence-electron chi connectivity index (χ1n) is 7.44. The van der Waals surface area contributed by atoms with E-state index in [-0.39, 0.29) is 0 Å². The Bertz CT molecular complexity index is 216. The van der Waals surface area contributed by atoms with Crippen molar-refractivity contribution in [3.63, 3.8) is 0 Å². The van der Waals surface area contributed by atoms with Gasteiger partial charge in [0.05, 0.1) is 18.8 Å². The molecule has 2 fully saturated rings. The van der Waals surface area contributed by atoms with Gasteiger partial charge in [0.25, 0.3) is 0 Å². The summed E-state index contributed by atoms with van der Waals surface area (Å²) in [5.74, 6) is 2.31. The lowest BCUT2D eigenvalue weighted by Crippen LogP contribution is -2.44. The van der Waals surface area contributed by atoms with Crippen molar-refractivity contribution in [3.05, 3.63) is 0 Å². The molecule has 0 saturated carbocycles. The maximum atomic E-state index is 5.90. The molecule has 0 aliphatic carbocycles. The fraction of sp³-hybridized carbons (Fsp3) is 1.00. The zero-order valence-corrected chi connectivity index (χ0v) is 12.3. The molecular weight excluding hydrogens is 246 g/mol. The van der Waals surface area contributed by atoms with Crippen LogP contribution < -0.4 is 5.32 Å². The molecule has 2 heterocycles. The highest BCUT2D eigenvalue weighted by Gasteiger charge is 2.24. The highest BCUT2D eigenvalue weighted by atomic mass is 32.2. The van der Waals surface area contributed by atoms with Crippen LogP contribution in [0.15, 0.2) is 0 Å². The van der Waals surface area contributed by atoms with Gasteiger partial charge in [0, 0.05) is 24.2 Å². The van der Waals surface area contributed by atoms with Crippen LogP contribution in [0.25, 0.3) is 0 Å². The van der Waals surface area contributed by atoms with Crippen molar-refractivity contribution >= 4 is 11.8 Å². The third-order valence-corrected chi connectivity index (χ3v) is 4.84. The lowest BCUT2D eigenvalue weighted by atomic mass is 10.0. The molecule has 0 spiro atoms. The SMILES string of the molecule is CCNC(CCCC1CCCO1)C1CSCCO1. The molecule has 0 radical (unpaired) electrons. The van der Waals surface area contributed by atoms with E-state index in [1.807, 2.05) is 11.8 Å². The van der Waals surface area contributed by atoms with Crippen molar-refractivity contribution in [1.29, 1.82) is 0 Å². The van der Waals surface area contributed by atoms with Crippen molar-refractivity contribution in [1.82, 2.24) is 5.32 Å². The Labute approximate surface area is 115 Å². The molecule has 0 aromatic rings. The Morgan fingerprint density at radius 3 is 2.94 bits per heavy atom. The molecular formula is C14H27NO2S. The van der Waals surface area contributed by atoms with Crippen molar-refractivity contribution in [2.45, 2.75) is 57.3 Å². The van der Waals surface area contributed by atoms with Gasteiger partial charge < -0.3 is 14.8 Å². The Morgan fingerprint density at radius 1 is 1.33 bits per heavy atom. The van der Waals surface area contributed by atoms with E-state index < -0.39 is 0 Å². The molecule has 0 amide bonds. The summed E-state index contributed by atoms with van der Waals surface area (Å²) in [6.45, 7) is 5.12. The molecule has 2 aliphatic heterocycles. The third kappa shape index (κ3) is 4.72. The molecule has 1 N–H and O–H groups in total. The van der Waals surface area contributed by atoms with Crippen molar-refractivity contribution in [2.75, 3.05) is 31.3 Å². The van der Waals surface area contributed by atoms with E-state index in [0.717, 1.165) is 31.3 Å². The number of likely N-dealkylation sites (N-methyl/N-ethyl adjacent to an activating group) is 1. The maximum Gasteiger partial charge on any atom is 0.0818 e. The molecule has 18 heavy (non-hydrogen) atoms. The van der Waals surface area contributed by atoms with Crippen LogP contribution in [-0.4, -0.2) is 49.5 Å². The van der Waals surface area contributed by atoms with Crippen LogP contribution >= 0.6 is 11.8 Å². The van der Waals surface area contributed by atoms with Gasteiger partial charge in [-0.15, -0.1) is 0 Å². The average molecular weight is 273 g/mol. The van der Waals surface area contributed by atoms with Gasteiger partial charge in [-0.25, -0.2) is 0 Å².